The summed E-state index contributed by atoms with van der Waals surface area (Å²) < 4.78 is 5.61. The molecule has 0 bridgehead atoms. The van der Waals surface area contributed by atoms with Crippen molar-refractivity contribution in [2.45, 2.75) is 6.92 Å². The van der Waals surface area contributed by atoms with Gasteiger partial charge in [0.05, 0.1) is 5.56 Å². The molecule has 0 unspecified atom stereocenters. The summed E-state index contributed by atoms with van der Waals surface area (Å²) in [5, 5.41) is 13.2. The van der Waals surface area contributed by atoms with Crippen molar-refractivity contribution in [2.24, 2.45) is 0 Å². The molecule has 0 spiro atoms. The van der Waals surface area contributed by atoms with Crippen LogP contribution in [0.15, 0.2) is 40.8 Å². The van der Waals surface area contributed by atoms with Gasteiger partial charge in [-0.1, -0.05) is 11.6 Å². The number of halogens is 1. The molecule has 2 aromatic carbocycles. The number of aromatic hydroxyl groups is 1. The molecule has 0 saturated carbocycles. The highest BCUT2D eigenvalue weighted by atomic mass is 35.5. The second-order valence-electron chi connectivity index (χ2n) is 4.54. The van der Waals surface area contributed by atoms with Gasteiger partial charge in [-0.25, -0.2) is 4.98 Å². The van der Waals surface area contributed by atoms with Crippen LogP contribution in [-0.2, 0) is 4.79 Å². The van der Waals surface area contributed by atoms with Crippen LogP contribution in [0.4, 0.5) is 5.69 Å². The highest BCUT2D eigenvalue weighted by Gasteiger charge is 2.13. The summed E-state index contributed by atoms with van der Waals surface area (Å²) in [6.07, 6.45) is 0. The molecule has 0 atom stereocenters. The van der Waals surface area contributed by atoms with Gasteiger partial charge in [-0.15, -0.1) is 0 Å². The van der Waals surface area contributed by atoms with Crippen LogP contribution in [-0.4, -0.2) is 16.0 Å². The lowest BCUT2D eigenvalue weighted by atomic mass is 10.1. The maximum absolute atomic E-state index is 11.1. The average Bonchev–Trinajstić information content (AvgIpc) is 2.83. The molecule has 106 valence electrons. The lowest BCUT2D eigenvalue weighted by Gasteiger charge is -2.05. The van der Waals surface area contributed by atoms with E-state index >= 15 is 0 Å². The molecule has 0 aliphatic carbocycles. The molecule has 3 aromatic rings. The number of phenols is 1. The molecule has 1 amide bonds. The van der Waals surface area contributed by atoms with E-state index in [0.717, 1.165) is 0 Å². The Bertz CT molecular complexity index is 842. The van der Waals surface area contributed by atoms with E-state index in [2.05, 4.69) is 10.3 Å². The second kappa shape index (κ2) is 5.10. The number of benzene rings is 2. The van der Waals surface area contributed by atoms with Crippen molar-refractivity contribution >= 4 is 34.3 Å². The normalized spacial score (nSPS) is 10.8. The predicted octanol–water partition coefficient (Wildman–Crippen LogP) is 3.81. The van der Waals surface area contributed by atoms with Crippen LogP contribution in [0.5, 0.6) is 5.75 Å². The number of nitrogens with zero attached hydrogens (tertiary/aromatic N) is 1. The molecule has 0 fully saturated rings. The third-order valence-corrected chi connectivity index (χ3v) is 3.13. The monoisotopic (exact) mass is 302 g/mol. The van der Waals surface area contributed by atoms with Gasteiger partial charge in [-0.3, -0.25) is 4.79 Å². The molecule has 0 saturated heterocycles. The lowest BCUT2D eigenvalue weighted by Crippen LogP contribution is -2.05. The molecular weight excluding hydrogens is 292 g/mol. The van der Waals surface area contributed by atoms with Crippen LogP contribution < -0.4 is 5.32 Å². The number of hydrogen-bond acceptors (Lipinski definition) is 4. The second-order valence-corrected chi connectivity index (χ2v) is 4.98. The van der Waals surface area contributed by atoms with Crippen LogP contribution in [0.25, 0.3) is 22.6 Å². The topological polar surface area (TPSA) is 75.4 Å². The van der Waals surface area contributed by atoms with Crippen molar-refractivity contribution in [1.82, 2.24) is 4.98 Å². The number of carbonyl (C=O) groups excluding carboxylic acids is 1. The molecule has 1 aromatic heterocycles. The van der Waals surface area contributed by atoms with E-state index in [4.69, 9.17) is 16.0 Å². The molecule has 0 radical (unpaired) electrons. The minimum absolute atomic E-state index is 0.0155. The molecule has 2 N–H and O–H groups in total. The minimum Gasteiger partial charge on any atom is -0.507 e. The van der Waals surface area contributed by atoms with Crippen molar-refractivity contribution in [3.05, 3.63) is 41.4 Å². The third kappa shape index (κ3) is 2.68. The summed E-state index contributed by atoms with van der Waals surface area (Å²) >= 11 is 5.91. The van der Waals surface area contributed by atoms with Crippen LogP contribution in [0, 0.1) is 0 Å². The number of hydrogen-bond donors (Lipinski definition) is 2. The van der Waals surface area contributed by atoms with E-state index in [-0.39, 0.29) is 17.5 Å². The maximum Gasteiger partial charge on any atom is 0.231 e. The zero-order valence-corrected chi connectivity index (χ0v) is 11.8. The molecule has 0 aliphatic rings. The summed E-state index contributed by atoms with van der Waals surface area (Å²) in [4.78, 5) is 15.4. The Morgan fingerprint density at radius 1 is 1.29 bits per heavy atom. The minimum atomic E-state index is -0.198. The number of fused-ring (bicyclic) bond motifs is 1. The first kappa shape index (κ1) is 13.5. The number of nitrogens with one attached hydrogen (secondary N) is 1. The lowest BCUT2D eigenvalue weighted by molar-refractivity contribution is -0.114. The zero-order chi connectivity index (χ0) is 15.0. The third-order valence-electron chi connectivity index (χ3n) is 2.90. The fourth-order valence-electron chi connectivity index (χ4n) is 2.00. The SMILES string of the molecule is CC(=O)Nc1ccc(O)c(-c2nc3cc(Cl)ccc3o2)c1. The van der Waals surface area contributed by atoms with E-state index in [1.54, 1.807) is 30.3 Å². The zero-order valence-electron chi connectivity index (χ0n) is 11.1. The summed E-state index contributed by atoms with van der Waals surface area (Å²) in [5.74, 6) is 0.0784. The van der Waals surface area contributed by atoms with Gasteiger partial charge in [0.1, 0.15) is 11.3 Å². The van der Waals surface area contributed by atoms with Crippen molar-refractivity contribution < 1.29 is 14.3 Å². The molecular formula is C15H11ClN2O3. The predicted molar refractivity (Wildman–Crippen MR) is 80.4 cm³/mol. The van der Waals surface area contributed by atoms with Crippen LogP contribution in [0.1, 0.15) is 6.92 Å². The Labute approximate surface area is 125 Å². The Morgan fingerprint density at radius 2 is 2.10 bits per heavy atom. The van der Waals surface area contributed by atoms with Crippen LogP contribution >= 0.6 is 11.6 Å². The highest BCUT2D eigenvalue weighted by Crippen LogP contribution is 2.33. The van der Waals surface area contributed by atoms with E-state index in [1.165, 1.54) is 13.0 Å². The van der Waals surface area contributed by atoms with Gasteiger partial charge in [0, 0.05) is 17.6 Å². The Balaban J connectivity index is 2.10. The fraction of sp³-hybridized carbons (Fsp3) is 0.0667. The van der Waals surface area contributed by atoms with Gasteiger partial charge < -0.3 is 14.8 Å². The van der Waals surface area contributed by atoms with Gasteiger partial charge in [-0.2, -0.15) is 0 Å². The van der Waals surface area contributed by atoms with Crippen molar-refractivity contribution in [3.8, 4) is 17.2 Å². The number of anilines is 1. The van der Waals surface area contributed by atoms with Gasteiger partial charge in [-0.05, 0) is 36.4 Å². The fourth-order valence-corrected chi connectivity index (χ4v) is 2.17. The van der Waals surface area contributed by atoms with Gasteiger partial charge in [0.25, 0.3) is 0 Å². The number of rotatable bonds is 2. The number of oxazole rings is 1. The average molecular weight is 303 g/mol. The number of amides is 1. The highest BCUT2D eigenvalue weighted by molar-refractivity contribution is 6.31. The van der Waals surface area contributed by atoms with Crippen LogP contribution in [0.2, 0.25) is 5.02 Å². The molecule has 21 heavy (non-hydrogen) atoms. The molecule has 0 aliphatic heterocycles. The van der Waals surface area contributed by atoms with E-state index in [9.17, 15) is 9.90 Å². The quantitative estimate of drug-likeness (QED) is 0.706. The maximum atomic E-state index is 11.1. The molecule has 1 heterocycles. The van der Waals surface area contributed by atoms with E-state index in [1.807, 2.05) is 0 Å². The van der Waals surface area contributed by atoms with E-state index < -0.39 is 0 Å². The van der Waals surface area contributed by atoms with Crippen molar-refractivity contribution in [3.63, 3.8) is 0 Å². The molecule has 6 heteroatoms. The number of phenolic OH excluding ortho intramolecular Hbond substituents is 1. The summed E-state index contributed by atoms with van der Waals surface area (Å²) in [5.41, 5.74) is 2.12. The van der Waals surface area contributed by atoms with E-state index in [0.29, 0.717) is 27.4 Å². The first-order valence-corrected chi connectivity index (χ1v) is 6.58. The first-order valence-electron chi connectivity index (χ1n) is 6.20. The Kier molecular flexibility index (Phi) is 3.27. The van der Waals surface area contributed by atoms with Gasteiger partial charge >= 0.3 is 0 Å². The molecule has 3 rings (SSSR count). The van der Waals surface area contributed by atoms with Crippen molar-refractivity contribution in [2.75, 3.05) is 5.32 Å². The molecule has 5 nitrogen and oxygen atoms in total. The standard InChI is InChI=1S/C15H11ClN2O3/c1-8(19)17-10-3-4-13(20)11(7-10)15-18-12-6-9(16)2-5-14(12)21-15/h2-7,20H,1H3,(H,17,19). The Morgan fingerprint density at radius 3 is 2.86 bits per heavy atom. The number of carbonyl (C=O) groups is 1. The largest absolute Gasteiger partial charge is 0.507 e. The first-order chi connectivity index (χ1) is 10.0. The van der Waals surface area contributed by atoms with Crippen LogP contribution in [0.3, 0.4) is 0 Å². The summed E-state index contributed by atoms with van der Waals surface area (Å²) in [7, 11) is 0. The Hall–Kier alpha value is -2.53. The van der Waals surface area contributed by atoms with Crippen molar-refractivity contribution in [1.29, 1.82) is 0 Å². The summed E-state index contributed by atoms with van der Waals surface area (Å²) in [6.45, 7) is 1.41. The van der Waals surface area contributed by atoms with Gasteiger partial charge in [0.2, 0.25) is 11.8 Å². The smallest absolute Gasteiger partial charge is 0.231 e. The number of aromatic nitrogens is 1. The van der Waals surface area contributed by atoms with Gasteiger partial charge in [0.15, 0.2) is 5.58 Å². The summed E-state index contributed by atoms with van der Waals surface area (Å²) in [6, 6.07) is 9.76.